The van der Waals surface area contributed by atoms with Crippen molar-refractivity contribution in [2.75, 3.05) is 0 Å². The summed E-state index contributed by atoms with van der Waals surface area (Å²) < 4.78 is 3.64. The maximum absolute atomic E-state index is 11.3. The summed E-state index contributed by atoms with van der Waals surface area (Å²) in [5.41, 5.74) is -0.683. The summed E-state index contributed by atoms with van der Waals surface area (Å²) in [5, 5.41) is 8.86. The summed E-state index contributed by atoms with van der Waals surface area (Å²) in [6.45, 7) is 3.15. The normalized spacial score (nSPS) is 10.5. The van der Waals surface area contributed by atoms with Crippen LogP contribution in [-0.4, -0.2) is 25.2 Å². The number of hydrogen-bond donors (Lipinski definition) is 1. The van der Waals surface area contributed by atoms with Gasteiger partial charge in [0, 0.05) is 43.9 Å². The van der Waals surface area contributed by atoms with Crippen molar-refractivity contribution in [3.05, 3.63) is 52.5 Å². The standard InChI is InChI=1S/C12H13N3O3/c1-9-13-3-5-15(9)7-6-14-4-2-11(16)10(8-14)12(17)18/h2-5,8H,6-7H2,1H3,(H,17,18). The topological polar surface area (TPSA) is 77.1 Å². The van der Waals surface area contributed by atoms with Gasteiger partial charge in [0.05, 0.1) is 0 Å². The molecule has 94 valence electrons. The molecule has 0 atom stereocenters. The Balaban J connectivity index is 2.15. The van der Waals surface area contributed by atoms with Crippen molar-refractivity contribution in [1.82, 2.24) is 14.1 Å². The average molecular weight is 247 g/mol. The number of carboxylic acid groups (broad SMARTS) is 1. The molecule has 6 nitrogen and oxygen atoms in total. The van der Waals surface area contributed by atoms with Crippen LogP contribution >= 0.6 is 0 Å². The second-order valence-electron chi connectivity index (χ2n) is 3.93. The van der Waals surface area contributed by atoms with Crippen molar-refractivity contribution in [3.63, 3.8) is 0 Å². The Morgan fingerprint density at radius 3 is 2.78 bits per heavy atom. The van der Waals surface area contributed by atoms with E-state index in [4.69, 9.17) is 5.11 Å². The molecule has 0 aliphatic heterocycles. The molecule has 0 fully saturated rings. The summed E-state index contributed by atoms with van der Waals surface area (Å²) in [6.07, 6.45) is 6.51. The molecule has 2 rings (SSSR count). The van der Waals surface area contributed by atoms with Crippen LogP contribution in [0.4, 0.5) is 0 Å². The third kappa shape index (κ3) is 2.48. The zero-order valence-electron chi connectivity index (χ0n) is 9.91. The van der Waals surface area contributed by atoms with Crippen molar-refractivity contribution in [2.45, 2.75) is 20.0 Å². The average Bonchev–Trinajstić information content (AvgIpc) is 2.73. The van der Waals surface area contributed by atoms with E-state index in [2.05, 4.69) is 4.98 Å². The van der Waals surface area contributed by atoms with Gasteiger partial charge in [-0.15, -0.1) is 0 Å². The van der Waals surface area contributed by atoms with Gasteiger partial charge in [-0.3, -0.25) is 4.79 Å². The monoisotopic (exact) mass is 247 g/mol. The predicted molar refractivity (Wildman–Crippen MR) is 64.6 cm³/mol. The first kappa shape index (κ1) is 12.1. The molecule has 0 saturated heterocycles. The molecule has 0 bridgehead atoms. The lowest BCUT2D eigenvalue weighted by molar-refractivity contribution is 0.0694. The first-order valence-corrected chi connectivity index (χ1v) is 5.49. The predicted octanol–water partition coefficient (Wildman–Crippen LogP) is 0.752. The first-order chi connectivity index (χ1) is 8.58. The molecule has 6 heteroatoms. The van der Waals surface area contributed by atoms with Gasteiger partial charge >= 0.3 is 5.97 Å². The number of imidazole rings is 1. The summed E-state index contributed by atoms with van der Waals surface area (Å²) in [7, 11) is 0. The van der Waals surface area contributed by atoms with Gasteiger partial charge in [0.2, 0.25) is 0 Å². The van der Waals surface area contributed by atoms with E-state index in [1.807, 2.05) is 17.7 Å². The van der Waals surface area contributed by atoms with Gasteiger partial charge in [-0.1, -0.05) is 0 Å². The molecule has 0 amide bonds. The number of aryl methyl sites for hydroxylation is 3. The highest BCUT2D eigenvalue weighted by Crippen LogP contribution is 1.98. The first-order valence-electron chi connectivity index (χ1n) is 5.49. The summed E-state index contributed by atoms with van der Waals surface area (Å²) in [4.78, 5) is 26.2. The summed E-state index contributed by atoms with van der Waals surface area (Å²) >= 11 is 0. The van der Waals surface area contributed by atoms with E-state index in [9.17, 15) is 9.59 Å². The molecule has 0 aliphatic rings. The van der Waals surface area contributed by atoms with Gasteiger partial charge in [-0.25, -0.2) is 9.78 Å². The Morgan fingerprint density at radius 2 is 2.17 bits per heavy atom. The zero-order valence-corrected chi connectivity index (χ0v) is 9.91. The Labute approximate surface area is 103 Å². The van der Waals surface area contributed by atoms with Crippen LogP contribution in [0, 0.1) is 6.92 Å². The number of carboxylic acids is 1. The van der Waals surface area contributed by atoms with Crippen LogP contribution in [0.5, 0.6) is 0 Å². The van der Waals surface area contributed by atoms with Gasteiger partial charge in [0.1, 0.15) is 11.4 Å². The van der Waals surface area contributed by atoms with Crippen LogP contribution in [0.15, 0.2) is 35.6 Å². The molecule has 0 unspecified atom stereocenters. The van der Waals surface area contributed by atoms with Crippen LogP contribution in [-0.2, 0) is 13.1 Å². The molecule has 0 spiro atoms. The van der Waals surface area contributed by atoms with E-state index in [-0.39, 0.29) is 5.56 Å². The lowest BCUT2D eigenvalue weighted by Crippen LogP contribution is -2.17. The van der Waals surface area contributed by atoms with E-state index in [1.54, 1.807) is 17.0 Å². The van der Waals surface area contributed by atoms with E-state index in [0.29, 0.717) is 13.1 Å². The zero-order chi connectivity index (χ0) is 13.1. The second kappa shape index (κ2) is 4.87. The van der Waals surface area contributed by atoms with Crippen LogP contribution in [0.1, 0.15) is 16.2 Å². The Kier molecular flexibility index (Phi) is 3.27. The number of aromatic nitrogens is 3. The smallest absolute Gasteiger partial charge is 0.341 e. The van der Waals surface area contributed by atoms with Gasteiger partial charge in [0.25, 0.3) is 0 Å². The maximum atomic E-state index is 11.3. The van der Waals surface area contributed by atoms with Crippen molar-refractivity contribution in [2.24, 2.45) is 0 Å². The highest BCUT2D eigenvalue weighted by Gasteiger charge is 2.08. The van der Waals surface area contributed by atoms with Crippen LogP contribution in [0.3, 0.4) is 0 Å². The molecule has 2 aromatic rings. The molecule has 0 aromatic carbocycles. The van der Waals surface area contributed by atoms with Crippen molar-refractivity contribution in [3.8, 4) is 0 Å². The van der Waals surface area contributed by atoms with Crippen molar-refractivity contribution < 1.29 is 9.90 Å². The van der Waals surface area contributed by atoms with Crippen molar-refractivity contribution >= 4 is 5.97 Å². The molecule has 0 saturated carbocycles. The lowest BCUT2D eigenvalue weighted by atomic mass is 10.3. The quantitative estimate of drug-likeness (QED) is 0.865. The van der Waals surface area contributed by atoms with Crippen LogP contribution in [0.25, 0.3) is 0 Å². The Hall–Kier alpha value is -2.37. The molecule has 1 N–H and O–H groups in total. The third-order valence-electron chi connectivity index (χ3n) is 2.73. The number of rotatable bonds is 4. The fourth-order valence-corrected chi connectivity index (χ4v) is 1.69. The van der Waals surface area contributed by atoms with E-state index >= 15 is 0 Å². The summed E-state index contributed by atoms with van der Waals surface area (Å²) in [5.74, 6) is -0.303. The largest absolute Gasteiger partial charge is 0.477 e. The molecule has 18 heavy (non-hydrogen) atoms. The number of carbonyl (C=O) groups is 1. The van der Waals surface area contributed by atoms with E-state index in [0.717, 1.165) is 5.82 Å². The van der Waals surface area contributed by atoms with Crippen molar-refractivity contribution in [1.29, 1.82) is 0 Å². The minimum absolute atomic E-state index is 0.208. The van der Waals surface area contributed by atoms with E-state index < -0.39 is 11.4 Å². The third-order valence-corrected chi connectivity index (χ3v) is 2.73. The summed E-state index contributed by atoms with van der Waals surface area (Å²) in [6, 6.07) is 1.27. The molecule has 0 radical (unpaired) electrons. The lowest BCUT2D eigenvalue weighted by Gasteiger charge is -2.08. The maximum Gasteiger partial charge on any atom is 0.341 e. The molecular formula is C12H13N3O3. The van der Waals surface area contributed by atoms with Gasteiger partial charge < -0.3 is 14.2 Å². The number of aromatic carboxylic acids is 1. The fourth-order valence-electron chi connectivity index (χ4n) is 1.69. The van der Waals surface area contributed by atoms with Gasteiger partial charge in [0.15, 0.2) is 5.43 Å². The molecule has 0 aliphatic carbocycles. The highest BCUT2D eigenvalue weighted by molar-refractivity contribution is 5.86. The Morgan fingerprint density at radius 1 is 1.39 bits per heavy atom. The van der Waals surface area contributed by atoms with Crippen LogP contribution < -0.4 is 5.43 Å². The highest BCUT2D eigenvalue weighted by atomic mass is 16.4. The fraction of sp³-hybridized carbons (Fsp3) is 0.250. The molecule has 2 aromatic heterocycles. The van der Waals surface area contributed by atoms with Crippen LogP contribution in [0.2, 0.25) is 0 Å². The molecule has 2 heterocycles. The minimum atomic E-state index is -1.20. The number of nitrogens with zero attached hydrogens (tertiary/aromatic N) is 3. The SMILES string of the molecule is Cc1nccn1CCn1ccc(=O)c(C(=O)O)c1. The Bertz CT molecular complexity index is 627. The minimum Gasteiger partial charge on any atom is -0.477 e. The van der Waals surface area contributed by atoms with Gasteiger partial charge in [-0.05, 0) is 6.92 Å². The van der Waals surface area contributed by atoms with E-state index in [1.165, 1.54) is 12.3 Å². The second-order valence-corrected chi connectivity index (χ2v) is 3.93. The number of hydrogen-bond acceptors (Lipinski definition) is 3. The number of pyridine rings is 1. The molecular weight excluding hydrogens is 234 g/mol. The van der Waals surface area contributed by atoms with Gasteiger partial charge in [-0.2, -0.15) is 0 Å².